The molecule has 0 unspecified atom stereocenters. The zero-order valence-electron chi connectivity index (χ0n) is 33.2. The lowest BCUT2D eigenvalue weighted by molar-refractivity contribution is -0.438. The number of hydrogen-bond donors (Lipinski definition) is 0. The van der Waals surface area contributed by atoms with Crippen molar-refractivity contribution in [1.82, 2.24) is 0 Å². The topological polar surface area (TPSA) is 72.2 Å². The van der Waals surface area contributed by atoms with Crippen LogP contribution in [0.15, 0.2) is 108 Å². The molecule has 0 aromatic heterocycles. The summed E-state index contributed by atoms with van der Waals surface area (Å²) in [5.74, 6) is 0. The Morgan fingerprint density at radius 1 is 0.729 bits per heavy atom. The van der Waals surface area contributed by atoms with Gasteiger partial charge in [0, 0.05) is 36.4 Å². The molecule has 0 spiro atoms. The third-order valence-electron chi connectivity index (χ3n) is 10.00. The van der Waals surface area contributed by atoms with Crippen LogP contribution in [0.5, 0.6) is 0 Å². The van der Waals surface area contributed by atoms with Gasteiger partial charge in [0.1, 0.15) is 20.2 Å². The van der Waals surface area contributed by atoms with Crippen molar-refractivity contribution in [1.29, 1.82) is 0 Å². The van der Waals surface area contributed by atoms with Gasteiger partial charge in [-0.1, -0.05) is 103 Å². The van der Waals surface area contributed by atoms with Crippen molar-refractivity contribution >= 4 is 84.9 Å². The van der Waals surface area contributed by atoms with Gasteiger partial charge in [-0.2, -0.15) is 4.58 Å². The van der Waals surface area contributed by atoms with Gasteiger partial charge in [0.25, 0.3) is 0 Å². The van der Waals surface area contributed by atoms with Gasteiger partial charge in [-0.25, -0.2) is 21.6 Å². The van der Waals surface area contributed by atoms with E-state index in [9.17, 15) is 13.0 Å². The Morgan fingerprint density at radius 2 is 1.27 bits per heavy atom. The number of halogens is 4. The maximum atomic E-state index is 12.7. The molecule has 0 N–H and O–H groups in total. The number of rotatable bonds is 18. The lowest BCUT2D eigenvalue weighted by atomic mass is 9.90. The average Bonchev–Trinajstić information content (AvgIpc) is 3.21. The number of anilines is 2. The first kappa shape index (κ1) is 45.7. The van der Waals surface area contributed by atoms with Crippen molar-refractivity contribution in [2.45, 2.75) is 70.1 Å². The van der Waals surface area contributed by atoms with E-state index >= 15 is 0 Å². The van der Waals surface area contributed by atoms with Crippen LogP contribution in [0.25, 0.3) is 15.3 Å². The maximum absolute atomic E-state index is 12.7. The van der Waals surface area contributed by atoms with Gasteiger partial charge in [-0.3, -0.25) is 0 Å². The number of allylic oxidation sites excluding steroid dienone is 5. The highest BCUT2D eigenvalue weighted by molar-refractivity contribution is 7.85. The van der Waals surface area contributed by atoms with Crippen LogP contribution in [0.2, 0.25) is 20.1 Å². The molecule has 0 aliphatic heterocycles. The molecule has 0 heterocycles. The fraction of sp³-hybridized carbons (Fsp3) is 0.298. The second-order valence-corrected chi connectivity index (χ2v) is 17.2. The minimum atomic E-state index is -4.87. The van der Waals surface area contributed by atoms with Crippen molar-refractivity contribution in [2.75, 3.05) is 31.1 Å². The third kappa shape index (κ3) is 11.7. The zero-order chi connectivity index (χ0) is 42.5. The van der Waals surface area contributed by atoms with E-state index in [1.54, 1.807) is 12.1 Å². The molecule has 0 radical (unpaired) electrons. The van der Waals surface area contributed by atoms with Crippen molar-refractivity contribution < 1.29 is 17.5 Å². The highest BCUT2D eigenvalue weighted by Gasteiger charge is 2.26. The molecule has 59 heavy (non-hydrogen) atoms. The van der Waals surface area contributed by atoms with Crippen molar-refractivity contribution in [3.63, 3.8) is 0 Å². The lowest BCUT2D eigenvalue weighted by Gasteiger charge is -2.27. The van der Waals surface area contributed by atoms with Crippen molar-refractivity contribution in [3.8, 4) is 0 Å². The molecule has 4 aromatic carbocycles. The largest absolute Gasteiger partial charge is 0.744 e. The molecule has 0 bridgehead atoms. The van der Waals surface area contributed by atoms with E-state index < -0.39 is 10.1 Å². The van der Waals surface area contributed by atoms with Gasteiger partial charge in [0.2, 0.25) is 24.5 Å². The van der Waals surface area contributed by atoms with Crippen LogP contribution in [0.3, 0.4) is 0 Å². The second kappa shape index (κ2) is 21.7. The second-order valence-electron chi connectivity index (χ2n) is 14.2. The van der Waals surface area contributed by atoms with Crippen LogP contribution in [-0.2, 0) is 23.0 Å². The van der Waals surface area contributed by atoms with Crippen LogP contribution in [-0.4, -0.2) is 49.4 Å². The van der Waals surface area contributed by atoms with E-state index in [1.807, 2.05) is 82.3 Å². The van der Waals surface area contributed by atoms with Gasteiger partial charge < -0.3 is 19.1 Å². The first-order chi connectivity index (χ1) is 28.4. The molecule has 0 saturated heterocycles. The number of hydrogen-bond acceptors (Lipinski definition) is 4. The highest BCUT2D eigenvalue weighted by Crippen LogP contribution is 2.41. The summed E-state index contributed by atoms with van der Waals surface area (Å²) in [4.78, 5) is 8.76. The molecule has 5 rings (SSSR count). The quantitative estimate of drug-likeness (QED) is 0.0432. The molecule has 0 saturated carbocycles. The molecule has 0 atom stereocenters. The number of unbranched alkanes of at least 4 members (excludes halogenated alkanes) is 2. The van der Waals surface area contributed by atoms with E-state index in [1.165, 1.54) is 12.1 Å². The molecular formula is C47H46Cl4N4O3S. The Hall–Kier alpha value is -4.38. The number of nitrogens with zero attached hydrogens (tertiary/aromatic N) is 4. The highest BCUT2D eigenvalue weighted by atomic mass is 35.5. The summed E-state index contributed by atoms with van der Waals surface area (Å²) in [5, 5.41) is 2.04. The molecule has 1 aliphatic rings. The fourth-order valence-corrected chi connectivity index (χ4v) is 9.30. The standard InChI is InChI=1S/C47H46Cl4N4O3S/c1-5-7-13-33-29-40(48)46(41(49)30-33)54(27-11-25-52-3)37-21-17-35(18-22-37)45(39-15-9-10-16-44(39)59(56,57)58)36-19-23-38(24-20-36)55(28-12-26-53-4)47-42(50)31-34(14-8-6-2)32-43(47)51/h9-10,15-24,29-32H,5-8,11-14,25-28H2,1-2H3. The third-order valence-corrected chi connectivity index (χ3v) is 12.0. The van der Waals surface area contributed by atoms with E-state index in [-0.39, 0.29) is 10.5 Å². The van der Waals surface area contributed by atoms with Crippen molar-refractivity contribution in [2.24, 2.45) is 0 Å². The Kier molecular flexibility index (Phi) is 16.8. The molecule has 0 amide bonds. The van der Waals surface area contributed by atoms with Crippen LogP contribution in [0, 0.1) is 13.1 Å². The molecule has 1 aliphatic carbocycles. The van der Waals surface area contributed by atoms with Gasteiger partial charge in [0.05, 0.1) is 27.0 Å². The van der Waals surface area contributed by atoms with Crippen LogP contribution < -0.4 is 4.90 Å². The summed E-state index contributed by atoms with van der Waals surface area (Å²) in [7, 11) is -4.87. The van der Waals surface area contributed by atoms with Crippen LogP contribution >= 0.6 is 46.4 Å². The number of benzene rings is 4. The van der Waals surface area contributed by atoms with E-state index in [0.717, 1.165) is 61.1 Å². The first-order valence-corrected chi connectivity index (χ1v) is 22.6. The summed E-state index contributed by atoms with van der Waals surface area (Å²) in [6.07, 6.45) is 14.5. The Bertz CT molecular complexity index is 2420. The van der Waals surface area contributed by atoms with E-state index in [4.69, 9.17) is 59.5 Å². The summed E-state index contributed by atoms with van der Waals surface area (Å²) >= 11 is 27.7. The minimum Gasteiger partial charge on any atom is -0.744 e. The maximum Gasteiger partial charge on any atom is 0.243 e. The van der Waals surface area contributed by atoms with Gasteiger partial charge in [0.15, 0.2) is 6.54 Å². The first-order valence-electron chi connectivity index (χ1n) is 19.7. The van der Waals surface area contributed by atoms with E-state index in [2.05, 4.69) is 23.5 Å². The van der Waals surface area contributed by atoms with Crippen LogP contribution in [0.4, 0.5) is 17.1 Å². The van der Waals surface area contributed by atoms with E-state index in [0.29, 0.717) is 87.2 Å². The SMILES string of the molecule is [C-]#[N+]CCCN(c1ccc(C(=C2C=CC(=[N+](CCC[N+]#[C-])c3c(Cl)cc(CCCC)cc3Cl)C=C2)c2ccccc2S(=O)(=O)[O-])cc1)c1c(Cl)cc(CCCC)cc1Cl. The summed E-state index contributed by atoms with van der Waals surface area (Å²) in [6, 6.07) is 21.5. The normalized spacial score (nSPS) is 12.4. The molecule has 0 fully saturated rings. The Morgan fingerprint density at radius 3 is 1.81 bits per heavy atom. The van der Waals surface area contributed by atoms with Crippen molar-refractivity contribution in [3.05, 3.63) is 168 Å². The predicted octanol–water partition coefficient (Wildman–Crippen LogP) is 13.4. The lowest BCUT2D eigenvalue weighted by Crippen LogP contribution is -2.20. The van der Waals surface area contributed by atoms with Gasteiger partial charge >= 0.3 is 0 Å². The minimum absolute atomic E-state index is 0.258. The average molecular weight is 889 g/mol. The van der Waals surface area contributed by atoms with Gasteiger partial charge in [-0.05, 0) is 108 Å². The fourth-order valence-electron chi connectivity index (χ4n) is 7.14. The molecule has 306 valence electrons. The molecular weight excluding hydrogens is 842 g/mol. The zero-order valence-corrected chi connectivity index (χ0v) is 37.0. The predicted molar refractivity (Wildman–Crippen MR) is 244 cm³/mol. The molecule has 12 heteroatoms. The molecule has 4 aromatic rings. The number of aryl methyl sites for hydroxylation is 2. The summed E-state index contributed by atoms with van der Waals surface area (Å²) < 4.78 is 40.1. The Labute approximate surface area is 369 Å². The summed E-state index contributed by atoms with van der Waals surface area (Å²) in [5.41, 5.74) is 7.05. The van der Waals surface area contributed by atoms with Gasteiger partial charge in [-0.15, -0.1) is 0 Å². The smallest absolute Gasteiger partial charge is 0.243 e. The monoisotopic (exact) mass is 886 g/mol. The molecule has 7 nitrogen and oxygen atoms in total. The Balaban J connectivity index is 1.65. The van der Waals surface area contributed by atoms with Crippen LogP contribution in [0.1, 0.15) is 74.6 Å². The summed E-state index contributed by atoms with van der Waals surface area (Å²) in [6.45, 7) is 20.6.